The molecule has 0 spiro atoms. The molecule has 1 unspecified atom stereocenters. The van der Waals surface area contributed by atoms with Gasteiger partial charge in [0.1, 0.15) is 0 Å². The zero-order valence-electron chi connectivity index (χ0n) is 12.3. The molecule has 1 fully saturated rings. The summed E-state index contributed by atoms with van der Waals surface area (Å²) in [4.78, 5) is 14.3. The van der Waals surface area contributed by atoms with Crippen molar-refractivity contribution >= 4 is 11.6 Å². The average molecular weight is 277 g/mol. The SMILES string of the molecule is CCCCCOC1(OC)CCN(c2ccccc2)C1=O. The number of benzene rings is 1. The zero-order chi connectivity index (χ0) is 14.4. The van der Waals surface area contributed by atoms with Crippen molar-refractivity contribution in [1.82, 2.24) is 0 Å². The van der Waals surface area contributed by atoms with Gasteiger partial charge in [0, 0.05) is 25.8 Å². The monoisotopic (exact) mass is 277 g/mol. The first-order valence-electron chi connectivity index (χ1n) is 7.29. The molecule has 0 N–H and O–H groups in total. The maximum absolute atomic E-state index is 12.6. The van der Waals surface area contributed by atoms with Crippen molar-refractivity contribution in [2.24, 2.45) is 0 Å². The molecule has 1 amide bonds. The maximum atomic E-state index is 12.6. The van der Waals surface area contributed by atoms with E-state index in [0.29, 0.717) is 19.6 Å². The molecular formula is C16H23NO3. The predicted molar refractivity (Wildman–Crippen MR) is 78.6 cm³/mol. The summed E-state index contributed by atoms with van der Waals surface area (Å²) in [5, 5.41) is 0. The minimum absolute atomic E-state index is 0.0947. The van der Waals surface area contributed by atoms with Gasteiger partial charge < -0.3 is 14.4 Å². The average Bonchev–Trinajstić information content (AvgIpc) is 2.82. The summed E-state index contributed by atoms with van der Waals surface area (Å²) in [6.07, 6.45) is 3.77. The fourth-order valence-electron chi connectivity index (χ4n) is 2.50. The predicted octanol–water partition coefficient (Wildman–Crippen LogP) is 2.97. The summed E-state index contributed by atoms with van der Waals surface area (Å²) in [6, 6.07) is 9.66. The van der Waals surface area contributed by atoms with Gasteiger partial charge in [-0.1, -0.05) is 38.0 Å². The molecule has 1 aliphatic heterocycles. The van der Waals surface area contributed by atoms with Gasteiger partial charge in [-0.2, -0.15) is 0 Å². The van der Waals surface area contributed by atoms with Gasteiger partial charge in [0.25, 0.3) is 11.7 Å². The normalized spacial score (nSPS) is 22.5. The number of hydrogen-bond donors (Lipinski definition) is 0. The molecule has 110 valence electrons. The fourth-order valence-corrected chi connectivity index (χ4v) is 2.50. The second-order valence-corrected chi connectivity index (χ2v) is 5.05. The molecule has 0 aromatic heterocycles. The van der Waals surface area contributed by atoms with Crippen molar-refractivity contribution in [2.45, 2.75) is 38.4 Å². The van der Waals surface area contributed by atoms with Gasteiger partial charge in [-0.25, -0.2) is 0 Å². The summed E-state index contributed by atoms with van der Waals surface area (Å²) < 4.78 is 11.2. The lowest BCUT2D eigenvalue weighted by molar-refractivity contribution is -0.211. The molecule has 4 nitrogen and oxygen atoms in total. The highest BCUT2D eigenvalue weighted by molar-refractivity contribution is 6.00. The topological polar surface area (TPSA) is 38.8 Å². The number of methoxy groups -OCH3 is 1. The van der Waals surface area contributed by atoms with E-state index < -0.39 is 5.79 Å². The Balaban J connectivity index is 2.03. The molecular weight excluding hydrogens is 254 g/mol. The van der Waals surface area contributed by atoms with Crippen molar-refractivity contribution < 1.29 is 14.3 Å². The Bertz CT molecular complexity index is 435. The van der Waals surface area contributed by atoms with E-state index >= 15 is 0 Å². The molecule has 0 aliphatic carbocycles. The molecule has 0 bridgehead atoms. The van der Waals surface area contributed by atoms with Crippen LogP contribution in [0.3, 0.4) is 0 Å². The van der Waals surface area contributed by atoms with Gasteiger partial charge in [0.15, 0.2) is 0 Å². The van der Waals surface area contributed by atoms with Gasteiger partial charge in [-0.3, -0.25) is 4.79 Å². The molecule has 1 aromatic carbocycles. The lowest BCUT2D eigenvalue weighted by atomic mass is 10.2. The van der Waals surface area contributed by atoms with Crippen LogP contribution < -0.4 is 4.90 Å². The smallest absolute Gasteiger partial charge is 0.287 e. The Kier molecular flexibility index (Phi) is 5.15. The van der Waals surface area contributed by atoms with E-state index in [1.165, 1.54) is 0 Å². The molecule has 1 aliphatic rings. The van der Waals surface area contributed by atoms with Gasteiger partial charge in [0.05, 0.1) is 6.61 Å². The molecule has 1 heterocycles. The van der Waals surface area contributed by atoms with Gasteiger partial charge in [-0.05, 0) is 18.6 Å². The van der Waals surface area contributed by atoms with Crippen LogP contribution >= 0.6 is 0 Å². The number of para-hydroxylation sites is 1. The Labute approximate surface area is 120 Å². The van der Waals surface area contributed by atoms with Crippen molar-refractivity contribution in [1.29, 1.82) is 0 Å². The van der Waals surface area contributed by atoms with Crippen molar-refractivity contribution in [3.8, 4) is 0 Å². The quantitative estimate of drug-likeness (QED) is 0.568. The van der Waals surface area contributed by atoms with E-state index in [2.05, 4.69) is 6.92 Å². The van der Waals surface area contributed by atoms with Crippen LogP contribution in [0, 0.1) is 0 Å². The standard InChI is InChI=1S/C16H23NO3/c1-3-4-8-13-20-16(19-2)11-12-17(15(16)18)14-9-6-5-7-10-14/h5-7,9-10H,3-4,8,11-13H2,1-2H3. The van der Waals surface area contributed by atoms with Gasteiger partial charge >= 0.3 is 0 Å². The lowest BCUT2D eigenvalue weighted by Crippen LogP contribution is -2.44. The number of anilines is 1. The summed E-state index contributed by atoms with van der Waals surface area (Å²) in [5.41, 5.74) is 0.897. The van der Waals surface area contributed by atoms with E-state index in [0.717, 1.165) is 24.9 Å². The number of amides is 1. The molecule has 0 saturated carbocycles. The molecule has 2 rings (SSSR count). The number of hydrogen-bond acceptors (Lipinski definition) is 3. The fraction of sp³-hybridized carbons (Fsp3) is 0.562. The van der Waals surface area contributed by atoms with Crippen LogP contribution in [0.25, 0.3) is 0 Å². The minimum Gasteiger partial charge on any atom is -0.345 e. The largest absolute Gasteiger partial charge is 0.345 e. The highest BCUT2D eigenvalue weighted by Gasteiger charge is 2.49. The van der Waals surface area contributed by atoms with Crippen molar-refractivity contribution in [2.75, 3.05) is 25.2 Å². The Morgan fingerprint density at radius 2 is 2.00 bits per heavy atom. The Morgan fingerprint density at radius 1 is 1.25 bits per heavy atom. The van der Waals surface area contributed by atoms with Crippen LogP contribution in [0.1, 0.15) is 32.6 Å². The Morgan fingerprint density at radius 3 is 2.65 bits per heavy atom. The first-order valence-corrected chi connectivity index (χ1v) is 7.29. The van der Waals surface area contributed by atoms with Crippen LogP contribution in [0.4, 0.5) is 5.69 Å². The number of unbranched alkanes of at least 4 members (excludes halogenated alkanes) is 2. The molecule has 1 aromatic rings. The second-order valence-electron chi connectivity index (χ2n) is 5.05. The number of ether oxygens (including phenoxy) is 2. The van der Waals surface area contributed by atoms with E-state index in [9.17, 15) is 4.79 Å². The van der Waals surface area contributed by atoms with E-state index in [1.807, 2.05) is 30.3 Å². The van der Waals surface area contributed by atoms with E-state index in [4.69, 9.17) is 9.47 Å². The number of rotatable bonds is 7. The van der Waals surface area contributed by atoms with Crippen LogP contribution in [0.15, 0.2) is 30.3 Å². The first kappa shape index (κ1) is 15.0. The van der Waals surface area contributed by atoms with E-state index in [1.54, 1.807) is 12.0 Å². The zero-order valence-corrected chi connectivity index (χ0v) is 12.3. The third kappa shape index (κ3) is 3.02. The van der Waals surface area contributed by atoms with Crippen molar-refractivity contribution in [3.63, 3.8) is 0 Å². The van der Waals surface area contributed by atoms with Crippen LogP contribution in [-0.4, -0.2) is 32.0 Å². The summed E-state index contributed by atoms with van der Waals surface area (Å²) >= 11 is 0. The van der Waals surface area contributed by atoms with Gasteiger partial charge in [0.2, 0.25) is 0 Å². The lowest BCUT2D eigenvalue weighted by Gasteiger charge is -2.26. The molecule has 1 atom stereocenters. The van der Waals surface area contributed by atoms with E-state index in [-0.39, 0.29) is 5.91 Å². The van der Waals surface area contributed by atoms with Gasteiger partial charge in [-0.15, -0.1) is 0 Å². The summed E-state index contributed by atoms with van der Waals surface area (Å²) in [6.45, 7) is 3.34. The first-order chi connectivity index (χ1) is 9.73. The Hall–Kier alpha value is -1.39. The minimum atomic E-state index is -1.09. The molecule has 4 heteroatoms. The molecule has 0 radical (unpaired) electrons. The third-order valence-electron chi connectivity index (χ3n) is 3.72. The third-order valence-corrected chi connectivity index (χ3v) is 3.72. The molecule has 20 heavy (non-hydrogen) atoms. The van der Waals surface area contributed by atoms with Crippen LogP contribution in [0.2, 0.25) is 0 Å². The molecule has 1 saturated heterocycles. The second kappa shape index (κ2) is 6.86. The summed E-state index contributed by atoms with van der Waals surface area (Å²) in [5.74, 6) is -1.19. The van der Waals surface area contributed by atoms with Crippen molar-refractivity contribution in [3.05, 3.63) is 30.3 Å². The highest BCUT2D eigenvalue weighted by Crippen LogP contribution is 2.31. The summed E-state index contributed by atoms with van der Waals surface area (Å²) in [7, 11) is 1.55. The highest BCUT2D eigenvalue weighted by atomic mass is 16.7. The van der Waals surface area contributed by atoms with Crippen LogP contribution in [0.5, 0.6) is 0 Å². The maximum Gasteiger partial charge on any atom is 0.287 e. The number of carbonyl (C=O) groups excluding carboxylic acids is 1. The number of carbonyl (C=O) groups is 1. The number of nitrogens with zero attached hydrogens (tertiary/aromatic N) is 1. The van der Waals surface area contributed by atoms with Crippen LogP contribution in [-0.2, 0) is 14.3 Å².